The van der Waals surface area contributed by atoms with E-state index in [2.05, 4.69) is 137 Å². The molecule has 2 aromatic heterocycles. The van der Waals surface area contributed by atoms with Gasteiger partial charge in [-0.05, 0) is 128 Å². The zero-order valence-corrected chi connectivity index (χ0v) is 39.0. The van der Waals surface area contributed by atoms with Crippen LogP contribution in [0, 0.1) is 0 Å². The molecule has 0 aliphatic carbocycles. The van der Waals surface area contributed by atoms with Gasteiger partial charge in [-0.3, -0.25) is 19.8 Å². The maximum absolute atomic E-state index is 4.96. The number of nitrogens with zero attached hydrogens (tertiary/aromatic N) is 12. The number of aromatic nitrogens is 6. The standard InChI is InChI=1S/C45H84N12/c1-15-18-21-22-23-24-37(57(41-50-34-47-35-51-41)55(26-20-17-3)39-30-44(9,10)53(14)45(11,12)31-39)27-36(4)56(40-48-32-46-33-49-40)54(25-19-16-2)38-28-42(5,6)52(13)43(7,8)29-38/h32-39H,15-31H2,1-14H3. The van der Waals surface area contributed by atoms with Crippen LogP contribution >= 0.6 is 0 Å². The molecule has 2 fully saturated rings. The molecule has 4 rings (SSSR count). The number of rotatable bonds is 22. The van der Waals surface area contributed by atoms with Gasteiger partial charge in [-0.1, -0.05) is 65.7 Å². The Morgan fingerprint density at radius 3 is 1.33 bits per heavy atom. The van der Waals surface area contributed by atoms with Crippen molar-refractivity contribution in [3.63, 3.8) is 0 Å². The highest BCUT2D eigenvalue weighted by molar-refractivity contribution is 5.32. The lowest BCUT2D eigenvalue weighted by Gasteiger charge is -2.58. The van der Waals surface area contributed by atoms with Gasteiger partial charge in [0.2, 0.25) is 11.9 Å². The minimum absolute atomic E-state index is 0.0372. The summed E-state index contributed by atoms with van der Waals surface area (Å²) < 4.78 is 0. The van der Waals surface area contributed by atoms with Crippen LogP contribution in [-0.2, 0) is 0 Å². The molecular weight excluding hydrogens is 709 g/mol. The number of piperidine rings is 2. The van der Waals surface area contributed by atoms with E-state index in [0.717, 1.165) is 95.6 Å². The van der Waals surface area contributed by atoms with Crippen molar-refractivity contribution in [3.8, 4) is 0 Å². The van der Waals surface area contributed by atoms with Gasteiger partial charge in [0.15, 0.2) is 0 Å². The van der Waals surface area contributed by atoms with Crippen molar-refractivity contribution in [3.05, 3.63) is 25.3 Å². The van der Waals surface area contributed by atoms with Crippen molar-refractivity contribution in [1.82, 2.24) is 49.7 Å². The average Bonchev–Trinajstić information content (AvgIpc) is 3.15. The van der Waals surface area contributed by atoms with Gasteiger partial charge in [-0.2, -0.15) is 0 Å². The van der Waals surface area contributed by atoms with Crippen LogP contribution in [-0.4, -0.2) is 123 Å². The molecule has 0 saturated carbocycles. The SMILES string of the molecule is CCCCCCCC(CC(C)N(c1ncncn1)N(CCCC)C1CC(C)(C)N(C)C(C)(C)C1)N(c1ncncn1)N(CCCC)C1CC(C)(C)N(C)C(C)(C)C1. The summed E-state index contributed by atoms with van der Waals surface area (Å²) in [5.41, 5.74) is 0.151. The van der Waals surface area contributed by atoms with Crippen molar-refractivity contribution in [2.45, 2.75) is 226 Å². The summed E-state index contributed by atoms with van der Waals surface area (Å²) in [7, 11) is 4.61. The molecule has 2 atom stereocenters. The molecule has 2 aromatic rings. The van der Waals surface area contributed by atoms with Crippen LogP contribution in [0.2, 0.25) is 0 Å². The summed E-state index contributed by atoms with van der Waals surface area (Å²) >= 11 is 0. The quantitative estimate of drug-likeness (QED) is 0.0840. The van der Waals surface area contributed by atoms with Gasteiger partial charge in [0, 0.05) is 53.4 Å². The first-order valence-corrected chi connectivity index (χ1v) is 22.7. The van der Waals surface area contributed by atoms with E-state index in [-0.39, 0.29) is 34.2 Å². The lowest BCUT2D eigenvalue weighted by atomic mass is 9.77. The van der Waals surface area contributed by atoms with E-state index in [1.54, 1.807) is 25.3 Å². The highest BCUT2D eigenvalue weighted by Gasteiger charge is 2.49. The fraction of sp³-hybridized carbons (Fsp3) is 0.867. The van der Waals surface area contributed by atoms with Crippen molar-refractivity contribution >= 4 is 11.9 Å². The molecular formula is C45H84N12. The second-order valence-corrected chi connectivity index (χ2v) is 20.0. The number of hydrogen-bond donors (Lipinski definition) is 0. The highest BCUT2D eigenvalue weighted by atomic mass is 15.7. The Morgan fingerprint density at radius 2 is 0.930 bits per heavy atom. The van der Waals surface area contributed by atoms with Crippen LogP contribution in [0.3, 0.4) is 0 Å². The van der Waals surface area contributed by atoms with E-state index >= 15 is 0 Å². The minimum atomic E-state index is 0.0372. The zero-order valence-electron chi connectivity index (χ0n) is 39.0. The third-order valence-electron chi connectivity index (χ3n) is 13.8. The molecule has 12 heteroatoms. The van der Waals surface area contributed by atoms with Gasteiger partial charge < -0.3 is 0 Å². The molecule has 2 unspecified atom stereocenters. The normalized spacial score (nSPS) is 21.2. The molecule has 2 aliphatic rings. The van der Waals surface area contributed by atoms with E-state index in [9.17, 15) is 0 Å². The largest absolute Gasteiger partial charge is 0.296 e. The summed E-state index contributed by atoms with van der Waals surface area (Å²) in [6.07, 6.45) is 23.6. The lowest BCUT2D eigenvalue weighted by Crippen LogP contribution is -2.67. The van der Waals surface area contributed by atoms with Gasteiger partial charge >= 0.3 is 0 Å². The predicted molar refractivity (Wildman–Crippen MR) is 237 cm³/mol. The maximum Gasteiger partial charge on any atom is 0.243 e. The zero-order chi connectivity index (χ0) is 42.0. The van der Waals surface area contributed by atoms with Gasteiger partial charge in [-0.25, -0.2) is 39.9 Å². The molecule has 57 heavy (non-hydrogen) atoms. The molecule has 0 amide bonds. The fourth-order valence-electron chi connectivity index (χ4n) is 10.2. The van der Waals surface area contributed by atoms with Crippen LogP contribution in [0.1, 0.15) is 179 Å². The summed E-state index contributed by atoms with van der Waals surface area (Å²) in [5.74, 6) is 1.49. The third kappa shape index (κ3) is 12.0. The van der Waals surface area contributed by atoms with E-state index < -0.39 is 0 Å². The monoisotopic (exact) mass is 793 g/mol. The Hall–Kier alpha value is -2.54. The van der Waals surface area contributed by atoms with E-state index in [1.165, 1.54) is 25.7 Å². The number of likely N-dealkylation sites (tertiary alicyclic amines) is 2. The highest BCUT2D eigenvalue weighted by Crippen LogP contribution is 2.42. The lowest BCUT2D eigenvalue weighted by molar-refractivity contribution is -0.0553. The van der Waals surface area contributed by atoms with Crippen LogP contribution in [0.4, 0.5) is 11.9 Å². The Bertz CT molecular complexity index is 1400. The fourth-order valence-corrected chi connectivity index (χ4v) is 10.2. The van der Waals surface area contributed by atoms with Gasteiger partial charge in [0.05, 0.1) is 6.04 Å². The number of hydrogen-bond acceptors (Lipinski definition) is 12. The first kappa shape index (κ1) is 47.1. The average molecular weight is 793 g/mol. The van der Waals surface area contributed by atoms with Gasteiger partial charge in [0.25, 0.3) is 0 Å². The van der Waals surface area contributed by atoms with Gasteiger partial charge in [0.1, 0.15) is 25.3 Å². The van der Waals surface area contributed by atoms with Crippen LogP contribution in [0.15, 0.2) is 25.3 Å². The molecule has 0 radical (unpaired) electrons. The van der Waals surface area contributed by atoms with E-state index in [1.807, 2.05) is 0 Å². The number of unbranched alkanes of at least 4 members (excludes halogenated alkanes) is 6. The second-order valence-electron chi connectivity index (χ2n) is 20.0. The molecule has 12 nitrogen and oxygen atoms in total. The number of anilines is 2. The molecule has 4 heterocycles. The van der Waals surface area contributed by atoms with Crippen molar-refractivity contribution in [1.29, 1.82) is 0 Å². The first-order chi connectivity index (χ1) is 26.9. The summed E-state index contributed by atoms with van der Waals surface area (Å²) in [6.45, 7) is 30.5. The van der Waals surface area contributed by atoms with Crippen molar-refractivity contribution in [2.75, 3.05) is 37.2 Å². The Balaban J connectivity index is 1.85. The van der Waals surface area contributed by atoms with Crippen LogP contribution < -0.4 is 10.0 Å². The predicted octanol–water partition coefficient (Wildman–Crippen LogP) is 9.21. The van der Waals surface area contributed by atoms with E-state index in [4.69, 9.17) is 19.9 Å². The van der Waals surface area contributed by atoms with E-state index in [0.29, 0.717) is 12.1 Å². The third-order valence-corrected chi connectivity index (χ3v) is 13.8. The van der Waals surface area contributed by atoms with Gasteiger partial charge in [-0.15, -0.1) is 0 Å². The molecule has 324 valence electrons. The van der Waals surface area contributed by atoms with Crippen LogP contribution in [0.25, 0.3) is 0 Å². The molecule has 2 aliphatic heterocycles. The van der Waals surface area contributed by atoms with Crippen molar-refractivity contribution in [2.24, 2.45) is 0 Å². The summed E-state index contributed by atoms with van der Waals surface area (Å²) in [4.78, 5) is 33.5. The smallest absolute Gasteiger partial charge is 0.243 e. The molecule has 0 spiro atoms. The molecule has 0 aromatic carbocycles. The topological polar surface area (TPSA) is 96.8 Å². The maximum atomic E-state index is 4.96. The molecule has 0 N–H and O–H groups in total. The van der Waals surface area contributed by atoms with Crippen LogP contribution in [0.5, 0.6) is 0 Å². The Kier molecular flexibility index (Phi) is 17.1. The minimum Gasteiger partial charge on any atom is -0.296 e. The number of hydrazine groups is 2. The molecule has 2 saturated heterocycles. The summed E-state index contributed by atoms with van der Waals surface area (Å²) in [5, 5.41) is 10.4. The first-order valence-electron chi connectivity index (χ1n) is 22.7. The second kappa shape index (κ2) is 20.6. The molecule has 0 bridgehead atoms. The van der Waals surface area contributed by atoms with Crippen molar-refractivity contribution < 1.29 is 0 Å². The Morgan fingerprint density at radius 1 is 0.561 bits per heavy atom. The Labute approximate surface area is 349 Å². The summed E-state index contributed by atoms with van der Waals surface area (Å²) in [6, 6.07) is 0.888.